The third-order valence-electron chi connectivity index (χ3n) is 2.73. The number of phenols is 1. The molecule has 0 saturated carbocycles. The number of ether oxygens (including phenoxy) is 1. The van der Waals surface area contributed by atoms with Gasteiger partial charge in [-0.3, -0.25) is 4.79 Å². The number of benzene rings is 1. The highest BCUT2D eigenvalue weighted by Gasteiger charge is 2.25. The molecule has 0 amide bonds. The van der Waals surface area contributed by atoms with E-state index in [4.69, 9.17) is 10.5 Å². The largest absolute Gasteiger partial charge is 0.508 e. The van der Waals surface area contributed by atoms with Crippen LogP contribution in [-0.2, 0) is 17.6 Å². The molecule has 1 aliphatic rings. The van der Waals surface area contributed by atoms with Gasteiger partial charge in [0, 0.05) is 18.1 Å². The lowest BCUT2D eigenvalue weighted by Gasteiger charge is -2.21. The number of phenolic OH excluding ortho intramolecular Hbond substituents is 1. The lowest BCUT2D eigenvalue weighted by molar-refractivity contribution is -0.120. The van der Waals surface area contributed by atoms with E-state index in [2.05, 4.69) is 0 Å². The lowest BCUT2D eigenvalue weighted by atomic mass is 9.87. The van der Waals surface area contributed by atoms with Gasteiger partial charge in [-0.15, -0.1) is 0 Å². The number of methoxy groups -OCH3 is 1. The molecule has 1 aromatic carbocycles. The predicted molar refractivity (Wildman–Crippen MR) is 55.0 cm³/mol. The molecular weight excluding hydrogens is 194 g/mol. The maximum atomic E-state index is 11.4. The maximum absolute atomic E-state index is 11.4. The van der Waals surface area contributed by atoms with Crippen LogP contribution < -0.4 is 10.5 Å². The first-order chi connectivity index (χ1) is 7.11. The minimum atomic E-state index is -0.455. The molecule has 0 aromatic heterocycles. The van der Waals surface area contributed by atoms with Gasteiger partial charge in [-0.05, 0) is 18.1 Å². The Morgan fingerprint density at radius 2 is 2.27 bits per heavy atom. The van der Waals surface area contributed by atoms with Gasteiger partial charge in [0.25, 0.3) is 0 Å². The summed E-state index contributed by atoms with van der Waals surface area (Å²) >= 11 is 0. The van der Waals surface area contributed by atoms with Crippen LogP contribution >= 0.6 is 0 Å². The van der Waals surface area contributed by atoms with Gasteiger partial charge in [-0.2, -0.15) is 0 Å². The highest BCUT2D eigenvalue weighted by atomic mass is 16.5. The van der Waals surface area contributed by atoms with Crippen molar-refractivity contribution in [2.45, 2.75) is 18.9 Å². The normalized spacial score (nSPS) is 19.9. The first kappa shape index (κ1) is 9.98. The molecular formula is C11H13NO3. The van der Waals surface area contributed by atoms with E-state index in [-0.39, 0.29) is 18.0 Å². The number of Topliss-reactive ketones (excluding diaryl/α,β-unsaturated/α-hetero) is 1. The van der Waals surface area contributed by atoms with Crippen molar-refractivity contribution in [3.63, 3.8) is 0 Å². The molecule has 3 N–H and O–H groups in total. The smallest absolute Gasteiger partial charge is 0.154 e. The van der Waals surface area contributed by atoms with Crippen LogP contribution in [0, 0.1) is 0 Å². The number of carbonyl (C=O) groups excluding carboxylic acids is 1. The van der Waals surface area contributed by atoms with Crippen LogP contribution in [0.4, 0.5) is 0 Å². The lowest BCUT2D eigenvalue weighted by Crippen LogP contribution is -2.37. The summed E-state index contributed by atoms with van der Waals surface area (Å²) in [6, 6.07) is 2.88. The standard InChI is InChI=1S/C11H13NO3/c1-15-7-2-6-3-9(12)11(14)5-8(6)10(13)4-7/h2,4,9,13H,3,5,12H2,1H3. The SMILES string of the molecule is COc1cc(O)c2c(c1)CC(N)C(=O)C2. The number of hydrogen-bond acceptors (Lipinski definition) is 4. The summed E-state index contributed by atoms with van der Waals surface area (Å²) < 4.78 is 5.04. The van der Waals surface area contributed by atoms with Crippen LogP contribution in [0.2, 0.25) is 0 Å². The molecule has 4 heteroatoms. The average molecular weight is 207 g/mol. The van der Waals surface area contributed by atoms with E-state index >= 15 is 0 Å². The van der Waals surface area contributed by atoms with Crippen LogP contribution in [0.15, 0.2) is 12.1 Å². The van der Waals surface area contributed by atoms with Crippen LogP contribution in [0.1, 0.15) is 11.1 Å². The number of nitrogens with two attached hydrogens (primary N) is 1. The van der Waals surface area contributed by atoms with E-state index in [0.29, 0.717) is 17.7 Å². The third-order valence-corrected chi connectivity index (χ3v) is 2.73. The fourth-order valence-corrected chi connectivity index (χ4v) is 1.85. The van der Waals surface area contributed by atoms with E-state index in [1.165, 1.54) is 13.2 Å². The summed E-state index contributed by atoms with van der Waals surface area (Å²) in [6.45, 7) is 0. The van der Waals surface area contributed by atoms with E-state index in [1.54, 1.807) is 0 Å². The van der Waals surface area contributed by atoms with Crippen molar-refractivity contribution < 1.29 is 14.6 Å². The Morgan fingerprint density at radius 1 is 1.53 bits per heavy atom. The Labute approximate surface area is 87.7 Å². The van der Waals surface area contributed by atoms with E-state index in [9.17, 15) is 9.90 Å². The second kappa shape index (κ2) is 3.55. The van der Waals surface area contributed by atoms with Crippen molar-refractivity contribution in [2.24, 2.45) is 5.73 Å². The van der Waals surface area contributed by atoms with Gasteiger partial charge in [-0.25, -0.2) is 0 Å². The molecule has 80 valence electrons. The number of aromatic hydroxyl groups is 1. The Bertz CT molecular complexity index is 415. The molecule has 0 heterocycles. The fraction of sp³-hybridized carbons (Fsp3) is 0.364. The Kier molecular flexibility index (Phi) is 2.36. The number of rotatable bonds is 1. The number of carbonyl (C=O) groups is 1. The molecule has 0 spiro atoms. The van der Waals surface area contributed by atoms with Crippen LogP contribution in [-0.4, -0.2) is 24.0 Å². The molecule has 1 aliphatic carbocycles. The molecule has 0 fully saturated rings. The van der Waals surface area contributed by atoms with Crippen molar-refractivity contribution >= 4 is 5.78 Å². The molecule has 2 rings (SSSR count). The van der Waals surface area contributed by atoms with E-state index < -0.39 is 6.04 Å². The molecule has 0 bridgehead atoms. The van der Waals surface area contributed by atoms with Crippen molar-refractivity contribution in [1.82, 2.24) is 0 Å². The highest BCUT2D eigenvalue weighted by molar-refractivity contribution is 5.89. The summed E-state index contributed by atoms with van der Waals surface area (Å²) in [6.07, 6.45) is 0.686. The first-order valence-electron chi connectivity index (χ1n) is 4.79. The van der Waals surface area contributed by atoms with Gasteiger partial charge in [0.1, 0.15) is 11.5 Å². The monoisotopic (exact) mass is 207 g/mol. The Morgan fingerprint density at radius 3 is 2.93 bits per heavy atom. The Hall–Kier alpha value is -1.55. The second-order valence-corrected chi connectivity index (χ2v) is 3.74. The van der Waals surface area contributed by atoms with E-state index in [1.807, 2.05) is 6.07 Å². The van der Waals surface area contributed by atoms with Gasteiger partial charge < -0.3 is 15.6 Å². The average Bonchev–Trinajstić information content (AvgIpc) is 2.21. The Balaban J connectivity index is 2.48. The summed E-state index contributed by atoms with van der Waals surface area (Å²) in [4.78, 5) is 11.4. The molecule has 1 atom stereocenters. The molecule has 0 radical (unpaired) electrons. The van der Waals surface area contributed by atoms with Crippen LogP contribution in [0.5, 0.6) is 11.5 Å². The van der Waals surface area contributed by atoms with Crippen LogP contribution in [0.3, 0.4) is 0 Å². The fourth-order valence-electron chi connectivity index (χ4n) is 1.85. The molecule has 1 unspecified atom stereocenters. The topological polar surface area (TPSA) is 72.6 Å². The van der Waals surface area contributed by atoms with Crippen molar-refractivity contribution in [3.05, 3.63) is 23.3 Å². The van der Waals surface area contributed by atoms with Gasteiger partial charge in [0.2, 0.25) is 0 Å². The third kappa shape index (κ3) is 1.68. The summed E-state index contributed by atoms with van der Waals surface area (Å²) in [7, 11) is 1.54. The predicted octanol–water partition coefficient (Wildman–Crippen LogP) is 0.396. The summed E-state index contributed by atoms with van der Waals surface area (Å²) in [5.41, 5.74) is 7.25. The molecule has 0 aliphatic heterocycles. The molecule has 0 saturated heterocycles. The zero-order valence-electron chi connectivity index (χ0n) is 8.49. The van der Waals surface area contributed by atoms with Gasteiger partial charge in [-0.1, -0.05) is 0 Å². The van der Waals surface area contributed by atoms with Crippen LogP contribution in [0.25, 0.3) is 0 Å². The molecule has 4 nitrogen and oxygen atoms in total. The second-order valence-electron chi connectivity index (χ2n) is 3.74. The first-order valence-corrected chi connectivity index (χ1v) is 4.79. The van der Waals surface area contributed by atoms with Gasteiger partial charge in [0.15, 0.2) is 5.78 Å². The summed E-state index contributed by atoms with van der Waals surface area (Å²) in [5.74, 6) is 0.681. The number of ketones is 1. The zero-order valence-corrected chi connectivity index (χ0v) is 8.49. The quantitative estimate of drug-likeness (QED) is 0.699. The number of hydrogen-bond donors (Lipinski definition) is 2. The highest BCUT2D eigenvalue weighted by Crippen LogP contribution is 2.31. The van der Waals surface area contributed by atoms with Crippen molar-refractivity contribution in [2.75, 3.05) is 7.11 Å². The van der Waals surface area contributed by atoms with Crippen molar-refractivity contribution in [1.29, 1.82) is 0 Å². The molecule has 1 aromatic rings. The minimum Gasteiger partial charge on any atom is -0.508 e. The zero-order chi connectivity index (χ0) is 11.0. The van der Waals surface area contributed by atoms with E-state index in [0.717, 1.165) is 5.56 Å². The number of fused-ring (bicyclic) bond motifs is 1. The van der Waals surface area contributed by atoms with Gasteiger partial charge >= 0.3 is 0 Å². The van der Waals surface area contributed by atoms with Crippen molar-refractivity contribution in [3.8, 4) is 11.5 Å². The summed E-state index contributed by atoms with van der Waals surface area (Å²) in [5, 5.41) is 9.70. The maximum Gasteiger partial charge on any atom is 0.154 e. The van der Waals surface area contributed by atoms with Gasteiger partial charge in [0.05, 0.1) is 13.2 Å². The minimum absolute atomic E-state index is 0.0250. The molecule has 15 heavy (non-hydrogen) atoms.